The van der Waals surface area contributed by atoms with Gasteiger partial charge in [0.1, 0.15) is 11.5 Å². The molecule has 5 aromatic rings. The molecule has 7 nitrogen and oxygen atoms in total. The number of aromatic nitrogens is 3. The van der Waals surface area contributed by atoms with Gasteiger partial charge in [0.15, 0.2) is 17.2 Å². The number of carbonyl (C=O) groups excluding carboxylic acids is 1. The lowest BCUT2D eigenvalue weighted by Gasteiger charge is -2.13. The molecule has 0 saturated heterocycles. The number of phenols is 1. The quantitative estimate of drug-likeness (QED) is 0.365. The van der Waals surface area contributed by atoms with Crippen LogP contribution in [0.4, 0.5) is 5.82 Å². The van der Waals surface area contributed by atoms with E-state index in [0.717, 1.165) is 10.9 Å². The highest BCUT2D eigenvalue weighted by molar-refractivity contribution is 6.12. The molecule has 0 amide bonds. The Balaban J connectivity index is 1.52. The standard InChI is InChI=1S/C24H18N4O3/c25-24-16(23(30)18-13-15-7-1-2-8-17(15)27-18)14-26-28(24)19-9-3-5-11-21(19)31-22-12-6-4-10-20(22)29/h1-14,27,29H,25H2. The molecule has 0 saturated carbocycles. The van der Waals surface area contributed by atoms with E-state index in [4.69, 9.17) is 10.5 Å². The molecule has 0 atom stereocenters. The van der Waals surface area contributed by atoms with Gasteiger partial charge in [0.05, 0.1) is 17.5 Å². The van der Waals surface area contributed by atoms with Crippen LogP contribution in [0.2, 0.25) is 0 Å². The summed E-state index contributed by atoms with van der Waals surface area (Å²) in [5, 5.41) is 15.3. The Hall–Kier alpha value is -4.52. The molecule has 0 radical (unpaired) electrons. The fourth-order valence-electron chi connectivity index (χ4n) is 3.45. The molecular formula is C24H18N4O3. The number of nitrogen functional groups attached to an aromatic ring is 1. The number of carbonyl (C=O) groups is 1. The zero-order valence-electron chi connectivity index (χ0n) is 16.3. The van der Waals surface area contributed by atoms with E-state index in [1.54, 1.807) is 42.5 Å². The van der Waals surface area contributed by atoms with Gasteiger partial charge in [0, 0.05) is 10.9 Å². The number of para-hydroxylation sites is 5. The van der Waals surface area contributed by atoms with E-state index in [1.165, 1.54) is 16.9 Å². The molecule has 0 aliphatic rings. The second kappa shape index (κ2) is 7.38. The normalized spacial score (nSPS) is 11.0. The highest BCUT2D eigenvalue weighted by Crippen LogP contribution is 2.34. The van der Waals surface area contributed by atoms with Crippen LogP contribution in [0.3, 0.4) is 0 Å². The molecule has 152 valence electrons. The van der Waals surface area contributed by atoms with Crippen LogP contribution in [0.15, 0.2) is 85.1 Å². The number of nitrogens with two attached hydrogens (primary N) is 1. The van der Waals surface area contributed by atoms with Crippen LogP contribution in [-0.2, 0) is 0 Å². The first-order chi connectivity index (χ1) is 15.1. The lowest BCUT2D eigenvalue weighted by atomic mass is 10.1. The minimum atomic E-state index is -0.251. The highest BCUT2D eigenvalue weighted by atomic mass is 16.5. The van der Waals surface area contributed by atoms with Crippen LogP contribution in [0.1, 0.15) is 16.1 Å². The summed E-state index contributed by atoms with van der Waals surface area (Å²) >= 11 is 0. The smallest absolute Gasteiger partial charge is 0.214 e. The molecule has 31 heavy (non-hydrogen) atoms. The third-order valence-electron chi connectivity index (χ3n) is 5.00. The number of benzene rings is 3. The molecule has 0 aliphatic heterocycles. The van der Waals surface area contributed by atoms with Crippen LogP contribution < -0.4 is 10.5 Å². The number of H-pyrrole nitrogens is 1. The predicted octanol–water partition coefficient (Wildman–Crippen LogP) is 4.66. The summed E-state index contributed by atoms with van der Waals surface area (Å²) in [4.78, 5) is 16.2. The van der Waals surface area contributed by atoms with Crippen molar-refractivity contribution in [1.29, 1.82) is 0 Å². The van der Waals surface area contributed by atoms with Crippen molar-refractivity contribution in [3.8, 4) is 22.9 Å². The van der Waals surface area contributed by atoms with Gasteiger partial charge < -0.3 is 20.6 Å². The summed E-state index contributed by atoms with van der Waals surface area (Å²) in [6, 6.07) is 23.2. The van der Waals surface area contributed by atoms with Gasteiger partial charge in [-0.1, -0.05) is 42.5 Å². The number of hydrogen-bond acceptors (Lipinski definition) is 5. The number of rotatable bonds is 5. The summed E-state index contributed by atoms with van der Waals surface area (Å²) in [6.07, 6.45) is 1.44. The molecule has 0 aliphatic carbocycles. The average molecular weight is 410 g/mol. The van der Waals surface area contributed by atoms with Crippen molar-refractivity contribution in [3.05, 3.63) is 96.3 Å². The molecule has 0 unspecified atom stereocenters. The van der Waals surface area contributed by atoms with Gasteiger partial charge in [-0.2, -0.15) is 5.10 Å². The van der Waals surface area contributed by atoms with Crippen LogP contribution in [0.5, 0.6) is 17.2 Å². The van der Waals surface area contributed by atoms with Gasteiger partial charge in [-0.05, 0) is 36.4 Å². The van der Waals surface area contributed by atoms with Gasteiger partial charge in [0.25, 0.3) is 0 Å². The van der Waals surface area contributed by atoms with Crippen LogP contribution in [0, 0.1) is 0 Å². The van der Waals surface area contributed by atoms with E-state index in [-0.39, 0.29) is 22.9 Å². The number of phenolic OH excluding ortho intramolecular Hbond substituents is 1. The summed E-state index contributed by atoms with van der Waals surface area (Å²) in [5.74, 6) is 0.690. The molecule has 5 rings (SSSR count). The Kier molecular flexibility index (Phi) is 4.41. The molecular weight excluding hydrogens is 392 g/mol. The fraction of sp³-hybridized carbons (Fsp3) is 0. The van der Waals surface area contributed by atoms with Crippen LogP contribution in [0.25, 0.3) is 16.6 Å². The lowest BCUT2D eigenvalue weighted by molar-refractivity contribution is 0.103. The molecule has 0 bridgehead atoms. The Morgan fingerprint density at radius 3 is 2.48 bits per heavy atom. The zero-order valence-corrected chi connectivity index (χ0v) is 16.3. The minimum absolute atomic E-state index is 0.0143. The van der Waals surface area contributed by atoms with Gasteiger partial charge >= 0.3 is 0 Å². The third-order valence-corrected chi connectivity index (χ3v) is 5.00. The van der Waals surface area contributed by atoms with Gasteiger partial charge in [0.2, 0.25) is 5.78 Å². The highest BCUT2D eigenvalue weighted by Gasteiger charge is 2.21. The number of ether oxygens (including phenoxy) is 1. The Bertz CT molecular complexity index is 1380. The second-order valence-electron chi connectivity index (χ2n) is 6.99. The van der Waals surface area contributed by atoms with E-state index >= 15 is 0 Å². The van der Waals surface area contributed by atoms with Crippen molar-refractivity contribution in [2.75, 3.05) is 5.73 Å². The topological polar surface area (TPSA) is 106 Å². The zero-order chi connectivity index (χ0) is 21.4. The van der Waals surface area contributed by atoms with Gasteiger partial charge in [-0.3, -0.25) is 4.79 Å². The Morgan fingerprint density at radius 1 is 0.968 bits per heavy atom. The first-order valence-corrected chi connectivity index (χ1v) is 9.63. The minimum Gasteiger partial charge on any atom is -0.504 e. The summed E-state index contributed by atoms with van der Waals surface area (Å²) in [5.41, 5.74) is 8.45. The van der Waals surface area contributed by atoms with E-state index in [1.807, 2.05) is 30.3 Å². The number of ketones is 1. The second-order valence-corrected chi connectivity index (χ2v) is 6.99. The Labute approximate surface area is 177 Å². The third kappa shape index (κ3) is 3.28. The number of fused-ring (bicyclic) bond motifs is 1. The number of aromatic hydroxyl groups is 1. The number of aromatic amines is 1. The summed E-state index contributed by atoms with van der Waals surface area (Å²) < 4.78 is 7.34. The molecule has 7 heteroatoms. The van der Waals surface area contributed by atoms with Crippen molar-refractivity contribution < 1.29 is 14.6 Å². The maximum Gasteiger partial charge on any atom is 0.214 e. The molecule has 2 heterocycles. The van der Waals surface area contributed by atoms with Crippen LogP contribution in [-0.4, -0.2) is 25.7 Å². The van der Waals surface area contributed by atoms with E-state index in [9.17, 15) is 9.90 Å². The maximum atomic E-state index is 13.1. The van der Waals surface area contributed by atoms with E-state index in [0.29, 0.717) is 22.9 Å². The summed E-state index contributed by atoms with van der Waals surface area (Å²) in [7, 11) is 0. The lowest BCUT2D eigenvalue weighted by Crippen LogP contribution is -2.08. The van der Waals surface area contributed by atoms with E-state index in [2.05, 4.69) is 10.1 Å². The number of nitrogens with zero attached hydrogens (tertiary/aromatic N) is 2. The van der Waals surface area contributed by atoms with Crippen molar-refractivity contribution in [2.45, 2.75) is 0 Å². The van der Waals surface area contributed by atoms with Crippen molar-refractivity contribution in [1.82, 2.24) is 14.8 Å². The van der Waals surface area contributed by atoms with Crippen LogP contribution >= 0.6 is 0 Å². The van der Waals surface area contributed by atoms with Crippen molar-refractivity contribution in [2.24, 2.45) is 0 Å². The Morgan fingerprint density at radius 2 is 1.68 bits per heavy atom. The van der Waals surface area contributed by atoms with E-state index < -0.39 is 0 Å². The molecule has 0 fully saturated rings. The monoisotopic (exact) mass is 410 g/mol. The fourth-order valence-corrected chi connectivity index (χ4v) is 3.45. The van der Waals surface area contributed by atoms with Gasteiger partial charge in [-0.25, -0.2) is 4.68 Å². The molecule has 0 spiro atoms. The number of anilines is 1. The summed E-state index contributed by atoms with van der Waals surface area (Å²) in [6.45, 7) is 0. The molecule has 4 N–H and O–H groups in total. The number of nitrogens with one attached hydrogen (secondary N) is 1. The average Bonchev–Trinajstić information content (AvgIpc) is 3.39. The largest absolute Gasteiger partial charge is 0.504 e. The SMILES string of the molecule is Nc1c(C(=O)c2cc3ccccc3[nH]2)cnn1-c1ccccc1Oc1ccccc1O. The molecule has 3 aromatic carbocycles. The first kappa shape index (κ1) is 18.5. The van der Waals surface area contributed by atoms with Crippen molar-refractivity contribution in [3.63, 3.8) is 0 Å². The number of hydrogen-bond donors (Lipinski definition) is 3. The van der Waals surface area contributed by atoms with Gasteiger partial charge in [-0.15, -0.1) is 0 Å². The van der Waals surface area contributed by atoms with Crippen molar-refractivity contribution >= 4 is 22.5 Å². The molecule has 2 aromatic heterocycles. The maximum absolute atomic E-state index is 13.1. The first-order valence-electron chi connectivity index (χ1n) is 9.63. The predicted molar refractivity (Wildman–Crippen MR) is 118 cm³/mol.